The van der Waals surface area contributed by atoms with E-state index in [1.165, 1.54) is 0 Å². The van der Waals surface area contributed by atoms with E-state index in [1.807, 2.05) is 42.5 Å². The van der Waals surface area contributed by atoms with E-state index >= 15 is 0 Å². The zero-order chi connectivity index (χ0) is 19.1. The van der Waals surface area contributed by atoms with Gasteiger partial charge in [0.2, 0.25) is 0 Å². The summed E-state index contributed by atoms with van der Waals surface area (Å²) in [7, 11) is 0. The molecular formula is C21H26BrNO4. The van der Waals surface area contributed by atoms with Gasteiger partial charge in [-0.25, -0.2) is 0 Å². The second-order valence-electron chi connectivity index (χ2n) is 6.88. The van der Waals surface area contributed by atoms with Crippen LogP contribution in [0, 0.1) is 0 Å². The highest BCUT2D eigenvalue weighted by atomic mass is 79.9. The highest BCUT2D eigenvalue weighted by molar-refractivity contribution is 9.10. The summed E-state index contributed by atoms with van der Waals surface area (Å²) in [6, 6.07) is 14.9. The van der Waals surface area contributed by atoms with Gasteiger partial charge < -0.3 is 19.7 Å². The number of rotatable bonds is 9. The first-order valence-electron chi connectivity index (χ1n) is 9.27. The SMILES string of the molecule is Oc1ccccc1CN(C[C@H](O)COc1ccc(Br)cc1)C[C@@H]1CCCO1. The van der Waals surface area contributed by atoms with E-state index in [9.17, 15) is 10.2 Å². The van der Waals surface area contributed by atoms with Crippen LogP contribution in [0.3, 0.4) is 0 Å². The molecule has 1 fully saturated rings. The summed E-state index contributed by atoms with van der Waals surface area (Å²) >= 11 is 3.39. The minimum atomic E-state index is -0.638. The molecule has 0 unspecified atom stereocenters. The molecule has 2 N–H and O–H groups in total. The fraction of sp³-hybridized carbons (Fsp3) is 0.429. The highest BCUT2D eigenvalue weighted by Crippen LogP contribution is 2.21. The number of nitrogens with zero attached hydrogens (tertiary/aromatic N) is 1. The number of ether oxygens (including phenoxy) is 2. The van der Waals surface area contributed by atoms with Crippen LogP contribution in [0.5, 0.6) is 11.5 Å². The molecule has 0 aromatic heterocycles. The minimum Gasteiger partial charge on any atom is -0.508 e. The van der Waals surface area contributed by atoms with Crippen LogP contribution in [0.4, 0.5) is 0 Å². The first kappa shape index (κ1) is 20.1. The fourth-order valence-electron chi connectivity index (χ4n) is 3.24. The molecule has 2 atom stereocenters. The molecule has 0 aliphatic carbocycles. The second-order valence-corrected chi connectivity index (χ2v) is 7.79. The van der Waals surface area contributed by atoms with Crippen molar-refractivity contribution in [3.63, 3.8) is 0 Å². The maximum atomic E-state index is 10.5. The molecule has 146 valence electrons. The molecular weight excluding hydrogens is 410 g/mol. The third-order valence-electron chi connectivity index (χ3n) is 4.60. The van der Waals surface area contributed by atoms with Gasteiger partial charge in [0.05, 0.1) is 6.10 Å². The number of aliphatic hydroxyl groups is 1. The Bertz CT molecular complexity index is 704. The number of para-hydroxylation sites is 1. The smallest absolute Gasteiger partial charge is 0.120 e. The molecule has 2 aromatic carbocycles. The number of halogens is 1. The van der Waals surface area contributed by atoms with Gasteiger partial charge >= 0.3 is 0 Å². The van der Waals surface area contributed by atoms with Crippen molar-refractivity contribution >= 4 is 15.9 Å². The lowest BCUT2D eigenvalue weighted by molar-refractivity contribution is 0.0311. The zero-order valence-electron chi connectivity index (χ0n) is 15.3. The molecule has 1 heterocycles. The van der Waals surface area contributed by atoms with Gasteiger partial charge in [0.1, 0.15) is 24.2 Å². The largest absolute Gasteiger partial charge is 0.508 e. The van der Waals surface area contributed by atoms with Crippen molar-refractivity contribution in [2.75, 3.05) is 26.3 Å². The number of hydrogen-bond acceptors (Lipinski definition) is 5. The average Bonchev–Trinajstić information content (AvgIpc) is 3.16. The third kappa shape index (κ3) is 6.50. The Labute approximate surface area is 168 Å². The van der Waals surface area contributed by atoms with E-state index in [2.05, 4.69) is 20.8 Å². The van der Waals surface area contributed by atoms with Crippen molar-refractivity contribution < 1.29 is 19.7 Å². The molecule has 0 bridgehead atoms. The van der Waals surface area contributed by atoms with Crippen molar-refractivity contribution in [1.82, 2.24) is 4.90 Å². The van der Waals surface area contributed by atoms with Crippen LogP contribution in [0.2, 0.25) is 0 Å². The summed E-state index contributed by atoms with van der Waals surface area (Å²) in [4.78, 5) is 2.13. The Hall–Kier alpha value is -1.60. The summed E-state index contributed by atoms with van der Waals surface area (Å²) in [5, 5.41) is 20.6. The van der Waals surface area contributed by atoms with E-state index in [-0.39, 0.29) is 18.5 Å². The first-order chi connectivity index (χ1) is 13.1. The van der Waals surface area contributed by atoms with Crippen LogP contribution in [0.15, 0.2) is 53.0 Å². The average molecular weight is 436 g/mol. The number of phenolic OH excluding ortho intramolecular Hbond substituents is 1. The van der Waals surface area contributed by atoms with Crippen LogP contribution < -0.4 is 4.74 Å². The molecule has 0 radical (unpaired) electrons. The Morgan fingerprint density at radius 3 is 2.67 bits per heavy atom. The highest BCUT2D eigenvalue weighted by Gasteiger charge is 2.22. The molecule has 5 nitrogen and oxygen atoms in total. The van der Waals surface area contributed by atoms with Crippen molar-refractivity contribution in [3.8, 4) is 11.5 Å². The molecule has 6 heteroatoms. The lowest BCUT2D eigenvalue weighted by Gasteiger charge is -2.27. The lowest BCUT2D eigenvalue weighted by Crippen LogP contribution is -2.39. The monoisotopic (exact) mass is 435 g/mol. The maximum absolute atomic E-state index is 10.5. The predicted molar refractivity (Wildman–Crippen MR) is 108 cm³/mol. The normalized spacial score (nSPS) is 18.0. The van der Waals surface area contributed by atoms with Crippen molar-refractivity contribution in [3.05, 3.63) is 58.6 Å². The van der Waals surface area contributed by atoms with Gasteiger partial charge in [-0.2, -0.15) is 0 Å². The van der Waals surface area contributed by atoms with Crippen LogP contribution >= 0.6 is 15.9 Å². The summed E-state index contributed by atoms with van der Waals surface area (Å²) in [5.74, 6) is 0.999. The molecule has 1 saturated heterocycles. The Balaban J connectivity index is 1.57. The molecule has 2 aromatic rings. The quantitative estimate of drug-likeness (QED) is 0.630. The van der Waals surface area contributed by atoms with Gasteiger partial charge in [0, 0.05) is 36.3 Å². The predicted octanol–water partition coefficient (Wildman–Crippen LogP) is 3.58. The second kappa shape index (κ2) is 10.1. The summed E-state index contributed by atoms with van der Waals surface area (Å²) in [6.45, 7) is 2.74. The van der Waals surface area contributed by atoms with Crippen LogP contribution in [-0.2, 0) is 11.3 Å². The molecule has 1 aliphatic heterocycles. The van der Waals surface area contributed by atoms with Crippen molar-refractivity contribution in [1.29, 1.82) is 0 Å². The van der Waals surface area contributed by atoms with Gasteiger partial charge in [-0.1, -0.05) is 34.1 Å². The van der Waals surface area contributed by atoms with E-state index in [0.29, 0.717) is 13.1 Å². The Morgan fingerprint density at radius 2 is 1.96 bits per heavy atom. The summed E-state index contributed by atoms with van der Waals surface area (Å²) < 4.78 is 12.4. The third-order valence-corrected chi connectivity index (χ3v) is 5.13. The van der Waals surface area contributed by atoms with E-state index < -0.39 is 6.10 Å². The van der Waals surface area contributed by atoms with E-state index in [1.54, 1.807) is 6.07 Å². The lowest BCUT2D eigenvalue weighted by atomic mass is 10.1. The molecule has 3 rings (SSSR count). The van der Waals surface area contributed by atoms with Gasteiger partial charge in [-0.15, -0.1) is 0 Å². The minimum absolute atomic E-state index is 0.176. The van der Waals surface area contributed by atoms with E-state index in [4.69, 9.17) is 9.47 Å². The van der Waals surface area contributed by atoms with Crippen LogP contribution in [0.25, 0.3) is 0 Å². The van der Waals surface area contributed by atoms with Crippen molar-refractivity contribution in [2.24, 2.45) is 0 Å². The van der Waals surface area contributed by atoms with Crippen LogP contribution in [-0.4, -0.2) is 53.6 Å². The van der Waals surface area contributed by atoms with Gasteiger partial charge in [-0.3, -0.25) is 4.90 Å². The van der Waals surface area contributed by atoms with E-state index in [0.717, 1.165) is 41.8 Å². The first-order valence-corrected chi connectivity index (χ1v) is 10.1. The topological polar surface area (TPSA) is 62.2 Å². The summed E-state index contributed by atoms with van der Waals surface area (Å²) in [6.07, 6.45) is 1.64. The molecule has 0 spiro atoms. The van der Waals surface area contributed by atoms with Gasteiger partial charge in [0.25, 0.3) is 0 Å². The Morgan fingerprint density at radius 1 is 1.19 bits per heavy atom. The standard InChI is InChI=1S/C21H26BrNO4/c22-17-7-9-19(10-8-17)27-15-18(24)13-23(14-20-5-3-11-26-20)12-16-4-1-2-6-21(16)25/h1-2,4,6-10,18,20,24-25H,3,5,11-15H2/t18-,20-/m0/s1. The molecule has 0 amide bonds. The van der Waals surface area contributed by atoms with Gasteiger partial charge in [0.15, 0.2) is 0 Å². The maximum Gasteiger partial charge on any atom is 0.120 e. The number of hydrogen-bond donors (Lipinski definition) is 2. The molecule has 27 heavy (non-hydrogen) atoms. The van der Waals surface area contributed by atoms with Crippen molar-refractivity contribution in [2.45, 2.75) is 31.6 Å². The van der Waals surface area contributed by atoms with Crippen LogP contribution in [0.1, 0.15) is 18.4 Å². The van der Waals surface area contributed by atoms with Gasteiger partial charge in [-0.05, 0) is 43.2 Å². The number of aromatic hydroxyl groups is 1. The fourth-order valence-corrected chi connectivity index (χ4v) is 3.50. The summed E-state index contributed by atoms with van der Waals surface area (Å²) in [5.41, 5.74) is 0.844. The number of phenols is 1. The number of benzene rings is 2. The zero-order valence-corrected chi connectivity index (χ0v) is 16.8. The molecule has 1 aliphatic rings. The Kier molecular flexibility index (Phi) is 7.52. The number of aliphatic hydroxyl groups excluding tert-OH is 1. The molecule has 0 saturated carbocycles.